The van der Waals surface area contributed by atoms with Gasteiger partial charge in [0.05, 0.1) is 16.3 Å². The summed E-state index contributed by atoms with van der Waals surface area (Å²) in [7, 11) is -2.04. The van der Waals surface area contributed by atoms with Gasteiger partial charge in [-0.05, 0) is 49.4 Å². The summed E-state index contributed by atoms with van der Waals surface area (Å²) < 4.78 is 72.9. The standard InChI is InChI=1S/C22H19Cl2F3N2O3S2/c1-29-9-8-16(12-29)32-19-10-15(6-7-18(19)23)28-34(30,31)20-11-17(21(24)33-20)13-2-4-14(5-3-13)22(25,26)27/h2-7,10-11,16,28H,8-9,12H2,1H3/t16-/m1/s1. The molecule has 1 fully saturated rings. The average molecular weight is 551 g/mol. The molecule has 0 aliphatic carbocycles. The number of benzene rings is 2. The molecule has 0 bridgehead atoms. The van der Waals surface area contributed by atoms with E-state index >= 15 is 0 Å². The molecule has 1 N–H and O–H groups in total. The lowest BCUT2D eigenvalue weighted by molar-refractivity contribution is -0.137. The van der Waals surface area contributed by atoms with E-state index in [9.17, 15) is 21.6 Å². The molecular formula is C22H19Cl2F3N2O3S2. The molecule has 0 radical (unpaired) electrons. The molecule has 1 atom stereocenters. The van der Waals surface area contributed by atoms with Crippen LogP contribution in [0.1, 0.15) is 12.0 Å². The van der Waals surface area contributed by atoms with Crippen molar-refractivity contribution in [1.82, 2.24) is 4.90 Å². The Kier molecular flexibility index (Phi) is 7.08. The second-order valence-corrected chi connectivity index (χ2v) is 11.8. The van der Waals surface area contributed by atoms with Gasteiger partial charge < -0.3 is 9.64 Å². The lowest BCUT2D eigenvalue weighted by Crippen LogP contribution is -2.21. The smallest absolute Gasteiger partial charge is 0.416 e. The van der Waals surface area contributed by atoms with Gasteiger partial charge in [-0.1, -0.05) is 35.3 Å². The van der Waals surface area contributed by atoms with Crippen molar-refractivity contribution in [3.8, 4) is 16.9 Å². The fourth-order valence-electron chi connectivity index (χ4n) is 3.55. The van der Waals surface area contributed by atoms with Crippen molar-refractivity contribution >= 4 is 50.2 Å². The first-order valence-corrected chi connectivity index (χ1v) is 13.1. The molecule has 2 aromatic carbocycles. The van der Waals surface area contributed by atoms with Gasteiger partial charge >= 0.3 is 6.18 Å². The fourth-order valence-corrected chi connectivity index (χ4v) is 6.53. The van der Waals surface area contributed by atoms with Crippen molar-refractivity contribution in [3.63, 3.8) is 0 Å². The lowest BCUT2D eigenvalue weighted by Gasteiger charge is -2.16. The number of halogens is 5. The maximum atomic E-state index is 13.0. The molecule has 12 heteroatoms. The highest BCUT2D eigenvalue weighted by molar-refractivity contribution is 7.94. The van der Waals surface area contributed by atoms with Crippen molar-refractivity contribution in [2.24, 2.45) is 0 Å². The summed E-state index contributed by atoms with van der Waals surface area (Å²) in [5.74, 6) is 0.372. The number of likely N-dealkylation sites (tertiary alicyclic amines) is 1. The summed E-state index contributed by atoms with van der Waals surface area (Å²) in [4.78, 5) is 2.12. The predicted octanol–water partition coefficient (Wildman–Crippen LogP) is 6.62. The van der Waals surface area contributed by atoms with E-state index in [1.54, 1.807) is 6.07 Å². The first kappa shape index (κ1) is 25.1. The topological polar surface area (TPSA) is 58.6 Å². The van der Waals surface area contributed by atoms with Crippen LogP contribution >= 0.6 is 34.5 Å². The Morgan fingerprint density at radius 3 is 2.44 bits per heavy atom. The molecule has 1 aliphatic rings. The van der Waals surface area contributed by atoms with Crippen LogP contribution in [0.2, 0.25) is 9.36 Å². The zero-order valence-corrected chi connectivity index (χ0v) is 20.8. The van der Waals surface area contributed by atoms with Crippen molar-refractivity contribution in [2.75, 3.05) is 24.9 Å². The largest absolute Gasteiger partial charge is 0.487 e. The zero-order valence-electron chi connectivity index (χ0n) is 17.7. The van der Waals surface area contributed by atoms with E-state index in [0.717, 1.165) is 43.0 Å². The SMILES string of the molecule is CN1CC[C@@H](Oc2cc(NS(=O)(=O)c3cc(-c4ccc(C(F)(F)F)cc4)c(Cl)s3)ccc2Cl)C1. The second-order valence-electron chi connectivity index (χ2n) is 7.87. The summed E-state index contributed by atoms with van der Waals surface area (Å²) >= 11 is 13.3. The zero-order chi connectivity index (χ0) is 24.7. The fraction of sp³-hybridized carbons (Fsp3) is 0.273. The van der Waals surface area contributed by atoms with E-state index in [2.05, 4.69) is 9.62 Å². The van der Waals surface area contributed by atoms with Crippen molar-refractivity contribution < 1.29 is 26.3 Å². The number of nitrogens with one attached hydrogen (secondary N) is 1. The molecule has 34 heavy (non-hydrogen) atoms. The molecular weight excluding hydrogens is 532 g/mol. The van der Waals surface area contributed by atoms with Gasteiger partial charge in [0.2, 0.25) is 0 Å². The lowest BCUT2D eigenvalue weighted by atomic mass is 10.1. The van der Waals surface area contributed by atoms with Crippen LogP contribution in [0.4, 0.5) is 18.9 Å². The molecule has 1 aromatic heterocycles. The summed E-state index contributed by atoms with van der Waals surface area (Å²) in [5.41, 5.74) is 0.152. The number of nitrogens with zero attached hydrogens (tertiary/aromatic N) is 1. The minimum atomic E-state index is -4.47. The quantitative estimate of drug-likeness (QED) is 0.374. The number of hydrogen-bond donors (Lipinski definition) is 1. The first-order valence-electron chi connectivity index (χ1n) is 10.1. The van der Waals surface area contributed by atoms with Crippen LogP contribution in [-0.4, -0.2) is 39.6 Å². The van der Waals surface area contributed by atoms with Crippen molar-refractivity contribution in [1.29, 1.82) is 0 Å². The number of rotatable bonds is 6. The molecule has 0 amide bonds. The highest BCUT2D eigenvalue weighted by Gasteiger charge is 2.30. The van der Waals surface area contributed by atoms with E-state index in [0.29, 0.717) is 21.9 Å². The van der Waals surface area contributed by atoms with Gasteiger partial charge in [-0.25, -0.2) is 8.42 Å². The van der Waals surface area contributed by atoms with Gasteiger partial charge in [-0.15, -0.1) is 11.3 Å². The van der Waals surface area contributed by atoms with Gasteiger partial charge in [0.25, 0.3) is 10.0 Å². The summed E-state index contributed by atoms with van der Waals surface area (Å²) in [6.45, 7) is 1.64. The Balaban J connectivity index is 1.55. The van der Waals surface area contributed by atoms with E-state index in [4.69, 9.17) is 27.9 Å². The first-order chi connectivity index (χ1) is 15.9. The van der Waals surface area contributed by atoms with Crippen LogP contribution in [0.5, 0.6) is 5.75 Å². The van der Waals surface area contributed by atoms with Crippen LogP contribution < -0.4 is 9.46 Å². The highest BCUT2D eigenvalue weighted by atomic mass is 35.5. The third-order valence-electron chi connectivity index (χ3n) is 5.28. The molecule has 1 saturated heterocycles. The maximum Gasteiger partial charge on any atom is 0.416 e. The monoisotopic (exact) mass is 550 g/mol. The third kappa shape index (κ3) is 5.63. The van der Waals surface area contributed by atoms with Gasteiger partial charge in [0, 0.05) is 24.7 Å². The van der Waals surface area contributed by atoms with E-state index in [1.807, 2.05) is 7.05 Å². The Hall–Kier alpha value is -1.98. The van der Waals surface area contributed by atoms with Crippen LogP contribution in [0, 0.1) is 0 Å². The minimum absolute atomic E-state index is 0.0447. The molecule has 0 saturated carbocycles. The van der Waals surface area contributed by atoms with Gasteiger partial charge in [-0.2, -0.15) is 13.2 Å². The molecule has 0 spiro atoms. The van der Waals surface area contributed by atoms with Crippen LogP contribution in [0.25, 0.3) is 11.1 Å². The number of sulfonamides is 1. The van der Waals surface area contributed by atoms with Gasteiger partial charge in [0.15, 0.2) is 0 Å². The second kappa shape index (κ2) is 9.58. The third-order valence-corrected chi connectivity index (χ3v) is 8.80. The van der Waals surface area contributed by atoms with Crippen molar-refractivity contribution in [3.05, 3.63) is 63.5 Å². The Morgan fingerprint density at radius 2 is 1.82 bits per heavy atom. The normalized spacial score (nSPS) is 17.2. The summed E-state index contributed by atoms with van der Waals surface area (Å²) in [5, 5.41) is 0.362. The van der Waals surface area contributed by atoms with Crippen LogP contribution in [0.3, 0.4) is 0 Å². The molecule has 4 rings (SSSR count). The Morgan fingerprint density at radius 1 is 1.12 bits per heavy atom. The van der Waals surface area contributed by atoms with Gasteiger partial charge in [0.1, 0.15) is 20.4 Å². The Labute approximate surface area is 209 Å². The number of anilines is 1. The van der Waals surface area contributed by atoms with Crippen LogP contribution in [0.15, 0.2) is 52.7 Å². The number of alkyl halides is 3. The Bertz CT molecular complexity index is 1300. The van der Waals surface area contributed by atoms with E-state index in [1.165, 1.54) is 30.3 Å². The predicted molar refractivity (Wildman–Crippen MR) is 129 cm³/mol. The van der Waals surface area contributed by atoms with Gasteiger partial charge in [-0.3, -0.25) is 4.72 Å². The number of hydrogen-bond acceptors (Lipinski definition) is 5. The molecule has 0 unspecified atom stereocenters. The summed E-state index contributed by atoms with van der Waals surface area (Å²) in [6.07, 6.45) is -3.68. The number of thiophene rings is 1. The molecule has 1 aliphatic heterocycles. The number of likely N-dealkylation sites (N-methyl/N-ethyl adjacent to an activating group) is 1. The highest BCUT2D eigenvalue weighted by Crippen LogP contribution is 2.40. The molecule has 2 heterocycles. The molecule has 5 nitrogen and oxygen atoms in total. The average Bonchev–Trinajstić information content (AvgIpc) is 3.35. The van der Waals surface area contributed by atoms with E-state index in [-0.39, 0.29) is 20.3 Å². The van der Waals surface area contributed by atoms with Crippen molar-refractivity contribution in [2.45, 2.75) is 22.9 Å². The maximum absolute atomic E-state index is 13.0. The molecule has 182 valence electrons. The minimum Gasteiger partial charge on any atom is -0.487 e. The number of ether oxygens (including phenoxy) is 1. The van der Waals surface area contributed by atoms with Crippen LogP contribution in [-0.2, 0) is 16.2 Å². The van der Waals surface area contributed by atoms with E-state index < -0.39 is 21.8 Å². The summed E-state index contributed by atoms with van der Waals surface area (Å²) in [6, 6.07) is 10.3. The molecule has 3 aromatic rings.